The third kappa shape index (κ3) is 1.61. The monoisotopic (exact) mass is 248 g/mol. The molecule has 3 rings (SSSR count). The Labute approximate surface area is 108 Å². The summed E-state index contributed by atoms with van der Waals surface area (Å²) in [4.78, 5) is 0. The molecule has 3 atom stereocenters. The van der Waals surface area contributed by atoms with Gasteiger partial charge in [0, 0.05) is 5.56 Å². The largest absolute Gasteiger partial charge is 0.497 e. The second-order valence-corrected chi connectivity index (χ2v) is 5.57. The Bertz CT molecular complexity index is 457. The van der Waals surface area contributed by atoms with E-state index in [1.807, 2.05) is 18.2 Å². The van der Waals surface area contributed by atoms with Crippen LogP contribution >= 0.6 is 0 Å². The molecule has 0 aromatic heterocycles. The summed E-state index contributed by atoms with van der Waals surface area (Å²) < 4.78 is 10.7. The van der Waals surface area contributed by atoms with E-state index in [1.165, 1.54) is 6.42 Å². The Hall–Kier alpha value is -1.22. The standard InChI is InChI=1S/C15H20O3/c1-17-12-5-6-14(18-2)13(8-12)15(16)9-10-3-4-11(15)7-10/h5-6,8,10-11,16H,3-4,7,9H2,1-2H3. The number of hydrogen-bond acceptors (Lipinski definition) is 3. The highest BCUT2D eigenvalue weighted by molar-refractivity contribution is 5.45. The van der Waals surface area contributed by atoms with Crippen LogP contribution in [-0.2, 0) is 5.60 Å². The third-order valence-electron chi connectivity index (χ3n) is 4.69. The van der Waals surface area contributed by atoms with Crippen LogP contribution in [0, 0.1) is 11.8 Å². The van der Waals surface area contributed by atoms with E-state index in [2.05, 4.69) is 0 Å². The second-order valence-electron chi connectivity index (χ2n) is 5.57. The molecule has 0 spiro atoms. The third-order valence-corrected chi connectivity index (χ3v) is 4.69. The number of hydrogen-bond donors (Lipinski definition) is 1. The highest BCUT2D eigenvalue weighted by atomic mass is 16.5. The summed E-state index contributed by atoms with van der Waals surface area (Å²) in [5.41, 5.74) is 0.180. The molecule has 2 aliphatic carbocycles. The minimum absolute atomic E-state index is 0.378. The van der Waals surface area contributed by atoms with Gasteiger partial charge in [0.25, 0.3) is 0 Å². The van der Waals surface area contributed by atoms with Crippen LogP contribution in [0.4, 0.5) is 0 Å². The lowest BCUT2D eigenvalue weighted by atomic mass is 9.78. The van der Waals surface area contributed by atoms with Crippen molar-refractivity contribution < 1.29 is 14.6 Å². The molecule has 1 aromatic carbocycles. The zero-order valence-electron chi connectivity index (χ0n) is 11.0. The first-order chi connectivity index (χ1) is 8.67. The van der Waals surface area contributed by atoms with Crippen molar-refractivity contribution in [2.75, 3.05) is 14.2 Å². The Morgan fingerprint density at radius 2 is 2.06 bits per heavy atom. The SMILES string of the molecule is COc1ccc(OC)c(C2(O)CC3CCC2C3)c1. The molecule has 0 radical (unpaired) electrons. The van der Waals surface area contributed by atoms with Crippen molar-refractivity contribution in [1.82, 2.24) is 0 Å². The van der Waals surface area contributed by atoms with Crippen LogP contribution < -0.4 is 9.47 Å². The molecule has 3 unspecified atom stereocenters. The van der Waals surface area contributed by atoms with E-state index in [4.69, 9.17) is 9.47 Å². The topological polar surface area (TPSA) is 38.7 Å². The molecule has 3 heteroatoms. The number of rotatable bonds is 3. The van der Waals surface area contributed by atoms with E-state index in [0.29, 0.717) is 11.8 Å². The highest BCUT2D eigenvalue weighted by Gasteiger charge is 2.52. The Kier molecular flexibility index (Phi) is 2.74. The van der Waals surface area contributed by atoms with Gasteiger partial charge in [0.1, 0.15) is 11.5 Å². The minimum Gasteiger partial charge on any atom is -0.497 e. The molecule has 2 saturated carbocycles. The molecule has 2 aliphatic rings. The van der Waals surface area contributed by atoms with Crippen molar-refractivity contribution in [3.05, 3.63) is 23.8 Å². The van der Waals surface area contributed by atoms with Crippen LogP contribution in [0.3, 0.4) is 0 Å². The van der Waals surface area contributed by atoms with Gasteiger partial charge in [0.2, 0.25) is 0 Å². The fraction of sp³-hybridized carbons (Fsp3) is 0.600. The molecule has 3 nitrogen and oxygen atoms in total. The molecule has 0 amide bonds. The first kappa shape index (κ1) is 11.8. The van der Waals surface area contributed by atoms with E-state index in [1.54, 1.807) is 14.2 Å². The number of fused-ring (bicyclic) bond motifs is 2. The smallest absolute Gasteiger partial charge is 0.125 e. The lowest BCUT2D eigenvalue weighted by Gasteiger charge is -2.34. The minimum atomic E-state index is -0.719. The van der Waals surface area contributed by atoms with Gasteiger partial charge in [-0.1, -0.05) is 0 Å². The van der Waals surface area contributed by atoms with Gasteiger partial charge in [-0.25, -0.2) is 0 Å². The van der Waals surface area contributed by atoms with Crippen molar-refractivity contribution in [1.29, 1.82) is 0 Å². The summed E-state index contributed by atoms with van der Waals surface area (Å²) in [7, 11) is 3.30. The van der Waals surface area contributed by atoms with E-state index >= 15 is 0 Å². The molecule has 2 bridgehead atoms. The van der Waals surface area contributed by atoms with E-state index < -0.39 is 5.60 Å². The normalized spacial score (nSPS) is 33.7. The van der Waals surface area contributed by atoms with Gasteiger partial charge in [0.15, 0.2) is 0 Å². The zero-order valence-corrected chi connectivity index (χ0v) is 11.0. The first-order valence-electron chi connectivity index (χ1n) is 6.62. The van der Waals surface area contributed by atoms with Crippen LogP contribution in [-0.4, -0.2) is 19.3 Å². The molecule has 1 N–H and O–H groups in total. The Balaban J connectivity index is 2.04. The van der Waals surface area contributed by atoms with Gasteiger partial charge in [-0.2, -0.15) is 0 Å². The van der Waals surface area contributed by atoms with Gasteiger partial charge >= 0.3 is 0 Å². The Morgan fingerprint density at radius 1 is 1.22 bits per heavy atom. The lowest BCUT2D eigenvalue weighted by Crippen LogP contribution is -2.32. The molecule has 18 heavy (non-hydrogen) atoms. The summed E-state index contributed by atoms with van der Waals surface area (Å²) in [5.74, 6) is 2.60. The van der Waals surface area contributed by atoms with Crippen molar-refractivity contribution in [3.63, 3.8) is 0 Å². The maximum atomic E-state index is 11.0. The van der Waals surface area contributed by atoms with Crippen LogP contribution in [0.5, 0.6) is 11.5 Å². The van der Waals surface area contributed by atoms with Gasteiger partial charge < -0.3 is 14.6 Å². The van der Waals surface area contributed by atoms with Crippen molar-refractivity contribution in [3.8, 4) is 11.5 Å². The maximum Gasteiger partial charge on any atom is 0.125 e. The fourth-order valence-electron chi connectivity index (χ4n) is 3.78. The van der Waals surface area contributed by atoms with Gasteiger partial charge in [-0.3, -0.25) is 0 Å². The zero-order chi connectivity index (χ0) is 12.8. The maximum absolute atomic E-state index is 11.0. The average Bonchev–Trinajstić information content (AvgIpc) is 2.98. The predicted molar refractivity (Wildman–Crippen MR) is 68.9 cm³/mol. The molecular formula is C15H20O3. The van der Waals surface area contributed by atoms with Gasteiger partial charge in [-0.15, -0.1) is 0 Å². The molecule has 2 fully saturated rings. The van der Waals surface area contributed by atoms with E-state index in [9.17, 15) is 5.11 Å². The van der Waals surface area contributed by atoms with Gasteiger partial charge in [-0.05, 0) is 55.7 Å². The number of benzene rings is 1. The van der Waals surface area contributed by atoms with Crippen molar-refractivity contribution in [2.24, 2.45) is 11.8 Å². The summed E-state index contributed by atoms with van der Waals surface area (Å²) in [6.07, 6.45) is 4.40. The first-order valence-corrected chi connectivity index (χ1v) is 6.62. The fourth-order valence-corrected chi connectivity index (χ4v) is 3.78. The van der Waals surface area contributed by atoms with Crippen molar-refractivity contribution >= 4 is 0 Å². The van der Waals surface area contributed by atoms with E-state index in [-0.39, 0.29) is 0 Å². The Morgan fingerprint density at radius 3 is 2.61 bits per heavy atom. The summed E-state index contributed by atoms with van der Waals surface area (Å²) in [6, 6.07) is 5.69. The van der Waals surface area contributed by atoms with Crippen LogP contribution in [0.25, 0.3) is 0 Å². The van der Waals surface area contributed by atoms with E-state index in [0.717, 1.165) is 36.3 Å². The highest BCUT2D eigenvalue weighted by Crippen LogP contribution is 2.57. The van der Waals surface area contributed by atoms with Crippen LogP contribution in [0.2, 0.25) is 0 Å². The molecule has 0 aliphatic heterocycles. The number of ether oxygens (including phenoxy) is 2. The molecule has 98 valence electrons. The summed E-state index contributed by atoms with van der Waals surface area (Å²) in [6.45, 7) is 0. The van der Waals surface area contributed by atoms with Crippen LogP contribution in [0.1, 0.15) is 31.2 Å². The predicted octanol–water partition coefficient (Wildman–Crippen LogP) is 2.71. The summed E-state index contributed by atoms with van der Waals surface area (Å²) >= 11 is 0. The molecular weight excluding hydrogens is 228 g/mol. The summed E-state index contributed by atoms with van der Waals surface area (Å²) in [5, 5.41) is 11.0. The molecule has 0 saturated heterocycles. The quantitative estimate of drug-likeness (QED) is 0.894. The second kappa shape index (κ2) is 4.16. The lowest BCUT2D eigenvalue weighted by molar-refractivity contribution is -0.0202. The average molecular weight is 248 g/mol. The van der Waals surface area contributed by atoms with Crippen LogP contribution in [0.15, 0.2) is 18.2 Å². The molecule has 0 heterocycles. The number of aliphatic hydroxyl groups is 1. The molecule has 1 aromatic rings. The number of methoxy groups -OCH3 is 2. The van der Waals surface area contributed by atoms with Gasteiger partial charge in [0.05, 0.1) is 19.8 Å². The van der Waals surface area contributed by atoms with Crippen molar-refractivity contribution in [2.45, 2.75) is 31.3 Å².